The second-order valence-corrected chi connectivity index (χ2v) is 8.17. The number of rotatable bonds is 6. The summed E-state index contributed by atoms with van der Waals surface area (Å²) >= 11 is 1.87. The maximum absolute atomic E-state index is 4.74. The van der Waals surface area contributed by atoms with Crippen LogP contribution in [0.4, 0.5) is 0 Å². The van der Waals surface area contributed by atoms with Crippen molar-refractivity contribution < 1.29 is 0 Å². The quantitative estimate of drug-likeness (QED) is 0.345. The number of piperidine rings is 1. The summed E-state index contributed by atoms with van der Waals surface area (Å²) in [5.41, 5.74) is 2.03. The van der Waals surface area contributed by atoms with Crippen LogP contribution in [-0.2, 0) is 6.54 Å². The van der Waals surface area contributed by atoms with Crippen LogP contribution in [0.2, 0.25) is 0 Å². The van der Waals surface area contributed by atoms with Crippen molar-refractivity contribution in [2.24, 2.45) is 10.9 Å². The van der Waals surface area contributed by atoms with E-state index in [-0.39, 0.29) is 24.0 Å². The Balaban J connectivity index is 0.00000280. The van der Waals surface area contributed by atoms with Gasteiger partial charge in [0.05, 0.1) is 12.2 Å². The summed E-state index contributed by atoms with van der Waals surface area (Å²) in [6, 6.07) is 11.0. The molecule has 0 spiro atoms. The minimum atomic E-state index is 0. The molecule has 2 aromatic rings. The average molecular weight is 513 g/mol. The van der Waals surface area contributed by atoms with E-state index in [1.165, 1.54) is 24.3 Å². The summed E-state index contributed by atoms with van der Waals surface area (Å²) < 4.78 is 0. The molecule has 0 aromatic carbocycles. The van der Waals surface area contributed by atoms with Crippen molar-refractivity contribution in [2.75, 3.05) is 26.7 Å². The van der Waals surface area contributed by atoms with Crippen molar-refractivity contribution in [3.63, 3.8) is 0 Å². The largest absolute Gasteiger partial charge is 0.357 e. The van der Waals surface area contributed by atoms with E-state index in [0.29, 0.717) is 18.5 Å². The number of aliphatic imine (C=N–C) groups is 1. The molecule has 154 valence electrons. The second kappa shape index (κ2) is 11.7. The van der Waals surface area contributed by atoms with E-state index in [2.05, 4.69) is 52.0 Å². The zero-order valence-corrected chi connectivity index (χ0v) is 20.2. The number of aromatic nitrogens is 1. The molecule has 7 heteroatoms. The highest BCUT2D eigenvalue weighted by Crippen LogP contribution is 2.36. The highest BCUT2D eigenvalue weighted by atomic mass is 127. The number of likely N-dealkylation sites (tertiary alicyclic amines) is 1. The third kappa shape index (κ3) is 6.42. The van der Waals surface area contributed by atoms with Crippen LogP contribution in [0.5, 0.6) is 0 Å². The van der Waals surface area contributed by atoms with Gasteiger partial charge in [-0.2, -0.15) is 0 Å². The van der Waals surface area contributed by atoms with E-state index < -0.39 is 0 Å². The Morgan fingerprint density at radius 1 is 1.29 bits per heavy atom. The summed E-state index contributed by atoms with van der Waals surface area (Å²) in [5.74, 6) is 1.46. The lowest BCUT2D eigenvalue weighted by Crippen LogP contribution is -2.44. The molecule has 28 heavy (non-hydrogen) atoms. The van der Waals surface area contributed by atoms with Gasteiger partial charge in [0.25, 0.3) is 0 Å². The summed E-state index contributed by atoms with van der Waals surface area (Å²) in [6.45, 7) is 7.67. The molecule has 1 saturated heterocycles. The molecule has 0 radical (unpaired) electrons. The lowest BCUT2D eigenvalue weighted by molar-refractivity contribution is 0.125. The average Bonchev–Trinajstić information content (AvgIpc) is 3.18. The van der Waals surface area contributed by atoms with Crippen LogP contribution >= 0.6 is 35.3 Å². The summed E-state index contributed by atoms with van der Waals surface area (Å²) in [6.07, 6.45) is 2.50. The van der Waals surface area contributed by atoms with Crippen LogP contribution in [-0.4, -0.2) is 42.5 Å². The molecular formula is C21H32IN5S. The van der Waals surface area contributed by atoms with E-state index in [0.717, 1.165) is 30.4 Å². The molecular weight excluding hydrogens is 481 g/mol. The van der Waals surface area contributed by atoms with E-state index in [9.17, 15) is 0 Å². The van der Waals surface area contributed by atoms with Crippen LogP contribution in [0.15, 0.2) is 40.7 Å². The molecule has 3 rings (SSSR count). The Hall–Kier alpha value is -1.19. The number of guanidine groups is 1. The number of thiophene rings is 1. The van der Waals surface area contributed by atoms with Crippen molar-refractivity contribution in [1.82, 2.24) is 20.5 Å². The predicted octanol–water partition coefficient (Wildman–Crippen LogP) is 4.21. The van der Waals surface area contributed by atoms with Gasteiger partial charge in [-0.3, -0.25) is 9.88 Å². The monoisotopic (exact) mass is 513 g/mol. The maximum Gasteiger partial charge on any atom is 0.191 e. The molecule has 1 aliphatic heterocycles. The zero-order valence-electron chi connectivity index (χ0n) is 17.0. The Morgan fingerprint density at radius 3 is 2.86 bits per heavy atom. The minimum absolute atomic E-state index is 0. The molecule has 2 unspecified atom stereocenters. The predicted molar refractivity (Wildman–Crippen MR) is 130 cm³/mol. The third-order valence-electron chi connectivity index (χ3n) is 5.06. The number of nitrogens with one attached hydrogen (secondary N) is 2. The Kier molecular flexibility index (Phi) is 9.67. The van der Waals surface area contributed by atoms with Gasteiger partial charge in [-0.25, -0.2) is 4.99 Å². The number of pyridine rings is 1. The number of hydrogen-bond acceptors (Lipinski definition) is 4. The van der Waals surface area contributed by atoms with Crippen LogP contribution in [0.1, 0.15) is 42.1 Å². The first-order chi connectivity index (χ1) is 13.2. The number of hydrogen-bond donors (Lipinski definition) is 2. The van der Waals surface area contributed by atoms with Gasteiger partial charge >= 0.3 is 0 Å². The molecule has 3 heterocycles. The summed E-state index contributed by atoms with van der Waals surface area (Å²) in [5, 5.41) is 9.13. The molecule has 1 aliphatic rings. The Morgan fingerprint density at radius 2 is 2.14 bits per heavy atom. The van der Waals surface area contributed by atoms with Crippen molar-refractivity contribution in [1.29, 1.82) is 0 Å². The van der Waals surface area contributed by atoms with Gasteiger partial charge in [-0.15, -0.1) is 35.3 Å². The summed E-state index contributed by atoms with van der Waals surface area (Å²) in [7, 11) is 2.25. The lowest BCUT2D eigenvalue weighted by Gasteiger charge is -2.39. The zero-order chi connectivity index (χ0) is 19.1. The second-order valence-electron chi connectivity index (χ2n) is 7.19. The van der Waals surface area contributed by atoms with Gasteiger partial charge in [0.15, 0.2) is 5.96 Å². The van der Waals surface area contributed by atoms with Gasteiger partial charge in [0.2, 0.25) is 0 Å². The van der Waals surface area contributed by atoms with Gasteiger partial charge in [0, 0.05) is 29.7 Å². The molecule has 2 atom stereocenters. The summed E-state index contributed by atoms with van der Waals surface area (Å²) in [4.78, 5) is 13.2. The minimum Gasteiger partial charge on any atom is -0.357 e. The third-order valence-corrected chi connectivity index (χ3v) is 6.01. The highest BCUT2D eigenvalue weighted by Gasteiger charge is 2.31. The fraction of sp³-hybridized carbons (Fsp3) is 0.524. The van der Waals surface area contributed by atoms with E-state index >= 15 is 0 Å². The molecule has 0 saturated carbocycles. The standard InChI is InChI=1S/C21H31N5S.HI/c1-4-22-21(24-15-18-10-5-8-16(2)25-18)23-14-17-9-6-12-26(3)20(17)19-11-7-13-27-19;/h5,7-8,10-11,13,17,20H,4,6,9,12,14-15H2,1-3H3,(H2,22,23,24);1H. The Labute approximate surface area is 190 Å². The van der Waals surface area contributed by atoms with Gasteiger partial charge in [0.1, 0.15) is 0 Å². The van der Waals surface area contributed by atoms with Gasteiger partial charge < -0.3 is 10.6 Å². The van der Waals surface area contributed by atoms with Crippen LogP contribution in [0.3, 0.4) is 0 Å². The van der Waals surface area contributed by atoms with E-state index in [4.69, 9.17) is 4.99 Å². The lowest BCUT2D eigenvalue weighted by atomic mass is 9.88. The molecule has 0 bridgehead atoms. The van der Waals surface area contributed by atoms with E-state index in [1.807, 2.05) is 36.5 Å². The first-order valence-corrected chi connectivity index (χ1v) is 10.7. The fourth-order valence-corrected chi connectivity index (χ4v) is 4.78. The molecule has 0 aliphatic carbocycles. The van der Waals surface area contributed by atoms with Crippen molar-refractivity contribution in [3.8, 4) is 0 Å². The van der Waals surface area contributed by atoms with Crippen molar-refractivity contribution >= 4 is 41.3 Å². The first kappa shape index (κ1) is 23.1. The number of nitrogens with zero attached hydrogens (tertiary/aromatic N) is 3. The molecule has 2 N–H and O–H groups in total. The number of aryl methyl sites for hydroxylation is 1. The molecule has 0 amide bonds. The molecule has 2 aromatic heterocycles. The van der Waals surface area contributed by atoms with Crippen LogP contribution < -0.4 is 10.6 Å². The fourth-order valence-electron chi connectivity index (χ4n) is 3.80. The topological polar surface area (TPSA) is 52.6 Å². The normalized spacial score (nSPS) is 20.5. The molecule has 1 fully saturated rings. The van der Waals surface area contributed by atoms with Crippen LogP contribution in [0.25, 0.3) is 0 Å². The van der Waals surface area contributed by atoms with Crippen molar-refractivity contribution in [2.45, 2.75) is 39.3 Å². The van der Waals surface area contributed by atoms with Crippen LogP contribution in [0, 0.1) is 12.8 Å². The van der Waals surface area contributed by atoms with Crippen molar-refractivity contribution in [3.05, 3.63) is 52.0 Å². The smallest absolute Gasteiger partial charge is 0.191 e. The number of halogens is 1. The molecule has 5 nitrogen and oxygen atoms in total. The van der Waals surface area contributed by atoms with Gasteiger partial charge in [-0.05, 0) is 69.8 Å². The Bertz CT molecular complexity index is 734. The first-order valence-electron chi connectivity index (χ1n) is 9.85. The van der Waals surface area contributed by atoms with Gasteiger partial charge in [-0.1, -0.05) is 12.1 Å². The maximum atomic E-state index is 4.74. The highest BCUT2D eigenvalue weighted by molar-refractivity contribution is 14.0. The SMILES string of the molecule is CCNC(=NCc1cccc(C)n1)NCC1CCCN(C)C1c1cccs1.I. The van der Waals surface area contributed by atoms with E-state index in [1.54, 1.807) is 0 Å².